The van der Waals surface area contributed by atoms with Crippen molar-refractivity contribution in [2.75, 3.05) is 31.5 Å². The Morgan fingerprint density at radius 1 is 0.939 bits per heavy atom. The lowest BCUT2D eigenvalue weighted by Gasteiger charge is -2.39. The smallest absolute Gasteiger partial charge is 0.115 e. The van der Waals surface area contributed by atoms with Crippen molar-refractivity contribution in [2.45, 2.75) is 44.4 Å². The summed E-state index contributed by atoms with van der Waals surface area (Å²) in [6, 6.07) is 25.9. The molecule has 3 aromatic carbocycles. The van der Waals surface area contributed by atoms with E-state index in [2.05, 4.69) is 77.8 Å². The van der Waals surface area contributed by atoms with Gasteiger partial charge in [-0.05, 0) is 77.6 Å². The zero-order chi connectivity index (χ0) is 22.6. The number of nitrogens with one attached hydrogen (secondary N) is 1. The summed E-state index contributed by atoms with van der Waals surface area (Å²) in [5.74, 6) is 2.05. The largest absolute Gasteiger partial charge is 0.508 e. The van der Waals surface area contributed by atoms with Crippen molar-refractivity contribution in [2.24, 2.45) is 5.92 Å². The highest BCUT2D eigenvalue weighted by Crippen LogP contribution is 2.47. The van der Waals surface area contributed by atoms with Gasteiger partial charge in [0.1, 0.15) is 5.75 Å². The SMILES string of the molecule is CCCC1CN(CCNc2ccc([C@H]3c4ccc(O)cc4CC[C@H]3c3ccccc3)cc2)C1. The van der Waals surface area contributed by atoms with Crippen LogP contribution in [0.3, 0.4) is 0 Å². The second-order valence-electron chi connectivity index (χ2n) is 9.88. The van der Waals surface area contributed by atoms with Gasteiger partial charge in [0.2, 0.25) is 0 Å². The molecule has 3 nitrogen and oxygen atoms in total. The summed E-state index contributed by atoms with van der Waals surface area (Å²) in [5.41, 5.74) is 6.59. The van der Waals surface area contributed by atoms with Crippen LogP contribution in [0.2, 0.25) is 0 Å². The maximum atomic E-state index is 10.0. The molecule has 3 aromatic rings. The molecule has 1 aliphatic carbocycles. The third kappa shape index (κ3) is 4.94. The Hall–Kier alpha value is -2.78. The quantitative estimate of drug-likeness (QED) is 0.425. The van der Waals surface area contributed by atoms with E-state index in [0.717, 1.165) is 31.8 Å². The number of phenolic OH excluding ortho intramolecular Hbond substituents is 1. The molecular formula is C30H36N2O. The lowest BCUT2D eigenvalue weighted by molar-refractivity contribution is 0.0989. The molecule has 3 heteroatoms. The topological polar surface area (TPSA) is 35.5 Å². The minimum atomic E-state index is 0.308. The van der Waals surface area contributed by atoms with Gasteiger partial charge in [-0.1, -0.05) is 61.9 Å². The summed E-state index contributed by atoms with van der Waals surface area (Å²) in [6.45, 7) is 6.94. The second kappa shape index (κ2) is 10.0. The fourth-order valence-electron chi connectivity index (χ4n) is 5.89. The summed E-state index contributed by atoms with van der Waals surface area (Å²) < 4.78 is 0. The number of hydrogen-bond acceptors (Lipinski definition) is 3. The van der Waals surface area contributed by atoms with E-state index >= 15 is 0 Å². The van der Waals surface area contributed by atoms with Crippen molar-refractivity contribution in [3.63, 3.8) is 0 Å². The van der Waals surface area contributed by atoms with Crippen LogP contribution >= 0.6 is 0 Å². The summed E-state index contributed by atoms with van der Waals surface area (Å²) >= 11 is 0. The number of nitrogens with zero attached hydrogens (tertiary/aromatic N) is 1. The number of likely N-dealkylation sites (tertiary alicyclic amines) is 1. The molecule has 0 amide bonds. The molecule has 1 heterocycles. The van der Waals surface area contributed by atoms with Gasteiger partial charge in [0.15, 0.2) is 0 Å². The highest BCUT2D eigenvalue weighted by molar-refractivity contribution is 5.51. The number of hydrogen-bond donors (Lipinski definition) is 2. The molecule has 0 saturated carbocycles. The molecular weight excluding hydrogens is 404 g/mol. The summed E-state index contributed by atoms with van der Waals surface area (Å²) in [5, 5.41) is 13.7. The van der Waals surface area contributed by atoms with Gasteiger partial charge >= 0.3 is 0 Å². The molecule has 2 aliphatic rings. The molecule has 1 aliphatic heterocycles. The number of aryl methyl sites for hydroxylation is 1. The molecule has 0 radical (unpaired) electrons. The fourth-order valence-corrected chi connectivity index (χ4v) is 5.89. The molecule has 0 aromatic heterocycles. The Kier molecular flexibility index (Phi) is 6.68. The van der Waals surface area contributed by atoms with Gasteiger partial charge in [0.05, 0.1) is 0 Å². The molecule has 5 rings (SSSR count). The monoisotopic (exact) mass is 440 g/mol. The highest BCUT2D eigenvalue weighted by Gasteiger charge is 2.32. The lowest BCUT2D eigenvalue weighted by atomic mass is 9.69. The van der Waals surface area contributed by atoms with Crippen LogP contribution in [0, 0.1) is 5.92 Å². The van der Waals surface area contributed by atoms with Gasteiger partial charge in [-0.25, -0.2) is 0 Å². The van der Waals surface area contributed by atoms with E-state index in [1.807, 2.05) is 12.1 Å². The predicted molar refractivity (Wildman–Crippen MR) is 137 cm³/mol. The van der Waals surface area contributed by atoms with Crippen LogP contribution in [0.4, 0.5) is 5.69 Å². The molecule has 172 valence electrons. The minimum Gasteiger partial charge on any atom is -0.508 e. The standard InChI is InChI=1S/C30H36N2O/c1-2-6-22-20-32(21-22)18-17-31-26-12-9-24(10-13-26)30-28(23-7-4-3-5-8-23)15-11-25-19-27(33)14-16-29(25)30/h3-5,7-10,12-14,16,19,22,28,30-31,33H,2,6,11,15,17-18,20-21H2,1H3/t28-,30+/m0/s1. The van der Waals surface area contributed by atoms with Gasteiger partial charge in [0.25, 0.3) is 0 Å². The first kappa shape index (κ1) is 22.0. The number of fused-ring (bicyclic) bond motifs is 1. The predicted octanol–water partition coefficient (Wildman–Crippen LogP) is 6.40. The van der Waals surface area contributed by atoms with Crippen molar-refractivity contribution in [3.05, 3.63) is 95.1 Å². The molecule has 2 N–H and O–H groups in total. The van der Waals surface area contributed by atoms with Crippen LogP contribution in [-0.2, 0) is 6.42 Å². The Morgan fingerprint density at radius 3 is 2.48 bits per heavy atom. The minimum absolute atomic E-state index is 0.308. The number of anilines is 1. The number of aromatic hydroxyl groups is 1. The molecule has 0 bridgehead atoms. The highest BCUT2D eigenvalue weighted by atomic mass is 16.3. The maximum absolute atomic E-state index is 10.0. The third-order valence-corrected chi connectivity index (χ3v) is 7.57. The Morgan fingerprint density at radius 2 is 1.73 bits per heavy atom. The molecule has 2 atom stereocenters. The van der Waals surface area contributed by atoms with Gasteiger partial charge in [0, 0.05) is 37.8 Å². The molecule has 33 heavy (non-hydrogen) atoms. The number of rotatable bonds is 8. The van der Waals surface area contributed by atoms with Gasteiger partial charge < -0.3 is 15.3 Å². The van der Waals surface area contributed by atoms with Gasteiger partial charge in [-0.15, -0.1) is 0 Å². The van der Waals surface area contributed by atoms with Crippen LogP contribution in [-0.4, -0.2) is 36.2 Å². The average molecular weight is 441 g/mol. The third-order valence-electron chi connectivity index (χ3n) is 7.57. The first-order valence-electron chi connectivity index (χ1n) is 12.6. The van der Waals surface area contributed by atoms with Gasteiger partial charge in [-0.3, -0.25) is 0 Å². The molecule has 1 fully saturated rings. The van der Waals surface area contributed by atoms with Crippen molar-refractivity contribution in [1.29, 1.82) is 0 Å². The summed E-state index contributed by atoms with van der Waals surface area (Å²) in [6.07, 6.45) is 4.79. The van der Waals surface area contributed by atoms with Crippen LogP contribution in [0.25, 0.3) is 0 Å². The van der Waals surface area contributed by atoms with E-state index in [1.54, 1.807) is 0 Å². The first-order valence-corrected chi connectivity index (χ1v) is 12.6. The maximum Gasteiger partial charge on any atom is 0.115 e. The van der Waals surface area contributed by atoms with E-state index in [4.69, 9.17) is 0 Å². The number of phenols is 1. The van der Waals surface area contributed by atoms with Crippen molar-refractivity contribution < 1.29 is 5.11 Å². The van der Waals surface area contributed by atoms with E-state index < -0.39 is 0 Å². The fraction of sp³-hybridized carbons (Fsp3) is 0.400. The average Bonchev–Trinajstić information content (AvgIpc) is 2.82. The van der Waals surface area contributed by atoms with Crippen molar-refractivity contribution in [1.82, 2.24) is 4.90 Å². The van der Waals surface area contributed by atoms with E-state index in [-0.39, 0.29) is 0 Å². The molecule has 1 saturated heterocycles. The van der Waals surface area contributed by atoms with E-state index in [1.165, 1.54) is 53.9 Å². The molecule has 0 spiro atoms. The second-order valence-corrected chi connectivity index (χ2v) is 9.88. The normalized spacial score (nSPS) is 20.8. The zero-order valence-corrected chi connectivity index (χ0v) is 19.7. The van der Waals surface area contributed by atoms with E-state index in [0.29, 0.717) is 17.6 Å². The lowest BCUT2D eigenvalue weighted by Crippen LogP contribution is -2.48. The van der Waals surface area contributed by atoms with Crippen molar-refractivity contribution in [3.8, 4) is 5.75 Å². The van der Waals surface area contributed by atoms with Crippen LogP contribution in [0.5, 0.6) is 5.75 Å². The van der Waals surface area contributed by atoms with Crippen molar-refractivity contribution >= 4 is 5.69 Å². The Bertz CT molecular complexity index is 1040. The van der Waals surface area contributed by atoms with E-state index in [9.17, 15) is 5.11 Å². The Labute approximate surface area is 198 Å². The number of benzene rings is 3. The van der Waals surface area contributed by atoms with Crippen LogP contribution < -0.4 is 5.32 Å². The first-order chi connectivity index (χ1) is 16.2. The molecule has 0 unspecified atom stereocenters. The van der Waals surface area contributed by atoms with Gasteiger partial charge in [-0.2, -0.15) is 0 Å². The zero-order valence-electron chi connectivity index (χ0n) is 19.7. The summed E-state index contributed by atoms with van der Waals surface area (Å²) in [7, 11) is 0. The Balaban J connectivity index is 1.30. The summed E-state index contributed by atoms with van der Waals surface area (Å²) in [4.78, 5) is 2.56. The van der Waals surface area contributed by atoms with Crippen LogP contribution in [0.15, 0.2) is 72.8 Å². The van der Waals surface area contributed by atoms with Crippen LogP contribution in [0.1, 0.15) is 60.3 Å².